The Morgan fingerprint density at radius 3 is 2.70 bits per heavy atom. The van der Waals surface area contributed by atoms with Crippen LogP contribution in [0.3, 0.4) is 0 Å². The smallest absolute Gasteiger partial charge is 0.306 e. The number of aromatic nitrogens is 3. The van der Waals surface area contributed by atoms with Gasteiger partial charge in [0.1, 0.15) is 5.75 Å². The molecule has 3 saturated carbocycles. The highest BCUT2D eigenvalue weighted by Crippen LogP contribution is 2.64. The molecule has 2 aromatic heterocycles. The first kappa shape index (κ1) is 18.0. The first-order valence-corrected chi connectivity index (χ1v) is 9.97. The Morgan fingerprint density at radius 2 is 2.04 bits per heavy atom. The zero-order valence-electron chi connectivity index (χ0n) is 15.6. The predicted molar refractivity (Wildman–Crippen MR) is 101 cm³/mol. The molecule has 0 amide bonds. The molecule has 1 unspecified atom stereocenters. The number of carbonyl (C=O) groups is 1. The molecule has 0 saturated heterocycles. The number of H-pyrrole nitrogens is 1. The average Bonchev–Trinajstić information content (AvgIpc) is 3.36. The van der Waals surface area contributed by atoms with Gasteiger partial charge in [-0.15, -0.1) is 0 Å². The van der Waals surface area contributed by atoms with E-state index in [9.17, 15) is 9.90 Å². The van der Waals surface area contributed by atoms with Gasteiger partial charge in [0.2, 0.25) is 0 Å². The lowest BCUT2D eigenvalue weighted by Gasteiger charge is -2.38. The third kappa shape index (κ3) is 3.99. The molecule has 5 rings (SSSR count). The molecule has 6 nitrogen and oxygen atoms in total. The normalized spacial score (nSPS) is 25.9. The number of nitrogens with one attached hydrogen (secondary N) is 1. The van der Waals surface area contributed by atoms with Crippen molar-refractivity contribution in [2.45, 2.75) is 51.4 Å². The molecule has 2 bridgehead atoms. The lowest BCUT2D eigenvalue weighted by molar-refractivity contribution is -0.142. The molecular weight excluding hydrogens is 342 g/mol. The van der Waals surface area contributed by atoms with Crippen molar-refractivity contribution in [1.82, 2.24) is 15.2 Å². The van der Waals surface area contributed by atoms with Crippen LogP contribution in [0.4, 0.5) is 0 Å². The number of nitrogens with zero attached hydrogens (tertiary/aromatic N) is 2. The van der Waals surface area contributed by atoms with Crippen LogP contribution in [0, 0.1) is 17.3 Å². The Balaban J connectivity index is 1.09. The summed E-state index contributed by atoms with van der Waals surface area (Å²) in [4.78, 5) is 15.6. The SMILES string of the molecule is O=C(O)C1C[C@]2(CCCCCCOc3ccc(-c4ccn[nH]4)nc3)C[C@@H]1C2. The summed E-state index contributed by atoms with van der Waals surface area (Å²) in [5.74, 6) is 0.614. The minimum atomic E-state index is -0.580. The van der Waals surface area contributed by atoms with Crippen LogP contribution in [0.25, 0.3) is 11.4 Å². The number of pyridine rings is 1. The summed E-state index contributed by atoms with van der Waals surface area (Å²) in [5, 5.41) is 16.1. The maximum absolute atomic E-state index is 11.2. The van der Waals surface area contributed by atoms with Crippen LogP contribution in [0.1, 0.15) is 51.4 Å². The summed E-state index contributed by atoms with van der Waals surface area (Å²) < 4.78 is 5.77. The number of rotatable bonds is 10. The predicted octanol–water partition coefficient (Wildman–Crippen LogP) is 4.30. The Kier molecular flexibility index (Phi) is 5.14. The summed E-state index contributed by atoms with van der Waals surface area (Å²) >= 11 is 0. The van der Waals surface area contributed by atoms with Crippen molar-refractivity contribution in [1.29, 1.82) is 0 Å². The van der Waals surface area contributed by atoms with E-state index in [0.29, 0.717) is 17.9 Å². The van der Waals surface area contributed by atoms with E-state index < -0.39 is 5.97 Å². The first-order chi connectivity index (χ1) is 13.2. The number of ether oxygens (including phenoxy) is 1. The van der Waals surface area contributed by atoms with Crippen molar-refractivity contribution in [3.8, 4) is 17.1 Å². The van der Waals surface area contributed by atoms with Crippen LogP contribution in [-0.4, -0.2) is 32.9 Å². The monoisotopic (exact) mass is 369 g/mol. The second-order valence-corrected chi connectivity index (χ2v) is 8.18. The van der Waals surface area contributed by atoms with Gasteiger partial charge in [0.25, 0.3) is 0 Å². The number of aromatic amines is 1. The molecular formula is C21H27N3O3. The number of hydrogen-bond donors (Lipinski definition) is 2. The van der Waals surface area contributed by atoms with Gasteiger partial charge >= 0.3 is 5.97 Å². The molecule has 144 valence electrons. The van der Waals surface area contributed by atoms with Crippen LogP contribution in [-0.2, 0) is 4.79 Å². The lowest BCUT2D eigenvalue weighted by Crippen LogP contribution is -2.28. The summed E-state index contributed by atoms with van der Waals surface area (Å²) in [6.07, 6.45) is 12.5. The van der Waals surface area contributed by atoms with Gasteiger partial charge in [-0.3, -0.25) is 14.9 Å². The van der Waals surface area contributed by atoms with E-state index in [1.54, 1.807) is 12.4 Å². The fourth-order valence-corrected chi connectivity index (χ4v) is 4.90. The maximum Gasteiger partial charge on any atom is 0.306 e. The highest BCUT2D eigenvalue weighted by atomic mass is 16.5. The first-order valence-electron chi connectivity index (χ1n) is 9.97. The van der Waals surface area contributed by atoms with Gasteiger partial charge < -0.3 is 9.84 Å². The van der Waals surface area contributed by atoms with E-state index >= 15 is 0 Å². The van der Waals surface area contributed by atoms with Gasteiger partial charge in [0, 0.05) is 6.20 Å². The third-order valence-electron chi connectivity index (χ3n) is 6.31. The highest BCUT2D eigenvalue weighted by molar-refractivity contribution is 5.71. The van der Waals surface area contributed by atoms with Gasteiger partial charge in [-0.1, -0.05) is 19.3 Å². The number of carboxylic acid groups (broad SMARTS) is 1. The zero-order valence-corrected chi connectivity index (χ0v) is 15.6. The van der Waals surface area contributed by atoms with Gasteiger partial charge in [-0.25, -0.2) is 0 Å². The number of aliphatic carboxylic acids is 1. The van der Waals surface area contributed by atoms with E-state index in [-0.39, 0.29) is 5.92 Å². The standard InChI is InChI=1S/C21H27N3O3/c25-20(26)17-13-21(11-15(17)12-21)8-3-1-2-4-10-27-16-5-6-18(22-14-16)19-7-9-23-24-19/h5-7,9,14-15,17H,1-4,8,10-13H2,(H,23,24)(H,25,26)/t15-,17?,21-. The molecule has 0 radical (unpaired) electrons. The highest BCUT2D eigenvalue weighted by Gasteiger charge is 2.57. The van der Waals surface area contributed by atoms with Gasteiger partial charge in [-0.05, 0) is 61.6 Å². The van der Waals surface area contributed by atoms with Crippen molar-refractivity contribution in [3.05, 3.63) is 30.6 Å². The van der Waals surface area contributed by atoms with E-state index in [4.69, 9.17) is 4.74 Å². The molecule has 0 spiro atoms. The Morgan fingerprint density at radius 1 is 1.19 bits per heavy atom. The Bertz CT molecular complexity index is 751. The zero-order chi connectivity index (χ0) is 18.7. The van der Waals surface area contributed by atoms with E-state index in [1.807, 2.05) is 18.2 Å². The van der Waals surface area contributed by atoms with Crippen molar-refractivity contribution in [2.75, 3.05) is 6.61 Å². The van der Waals surface area contributed by atoms with Crippen LogP contribution in [0.2, 0.25) is 0 Å². The van der Waals surface area contributed by atoms with Gasteiger partial charge in [0.05, 0.1) is 30.1 Å². The molecule has 3 aliphatic rings. The van der Waals surface area contributed by atoms with Crippen LogP contribution < -0.4 is 4.74 Å². The van der Waals surface area contributed by atoms with Crippen LogP contribution >= 0.6 is 0 Å². The summed E-state index contributed by atoms with van der Waals surface area (Å²) in [7, 11) is 0. The number of fused-ring (bicyclic) bond motifs is 1. The molecule has 3 aliphatic carbocycles. The second-order valence-electron chi connectivity index (χ2n) is 8.18. The minimum Gasteiger partial charge on any atom is -0.492 e. The number of hydrogen-bond acceptors (Lipinski definition) is 4. The molecule has 3 fully saturated rings. The Labute approximate surface area is 159 Å². The third-order valence-corrected chi connectivity index (χ3v) is 6.31. The molecule has 1 atom stereocenters. The molecule has 0 aliphatic heterocycles. The quantitative estimate of drug-likeness (QED) is 0.610. The number of unbranched alkanes of at least 4 members (excludes halogenated alkanes) is 3. The van der Waals surface area contributed by atoms with Crippen molar-refractivity contribution in [3.63, 3.8) is 0 Å². The molecule has 0 aromatic carbocycles. The van der Waals surface area contributed by atoms with Gasteiger partial charge in [-0.2, -0.15) is 5.10 Å². The van der Waals surface area contributed by atoms with E-state index in [1.165, 1.54) is 19.3 Å². The van der Waals surface area contributed by atoms with Crippen LogP contribution in [0.5, 0.6) is 5.75 Å². The van der Waals surface area contributed by atoms with Crippen molar-refractivity contribution >= 4 is 5.97 Å². The molecule has 6 heteroatoms. The average molecular weight is 369 g/mol. The Hall–Kier alpha value is -2.37. The van der Waals surface area contributed by atoms with Crippen molar-refractivity contribution in [2.24, 2.45) is 17.3 Å². The van der Waals surface area contributed by atoms with E-state index in [0.717, 1.165) is 49.2 Å². The molecule has 2 N–H and O–H groups in total. The van der Waals surface area contributed by atoms with Gasteiger partial charge in [0.15, 0.2) is 0 Å². The topological polar surface area (TPSA) is 88.1 Å². The fraction of sp³-hybridized carbons (Fsp3) is 0.571. The fourth-order valence-electron chi connectivity index (χ4n) is 4.90. The lowest BCUT2D eigenvalue weighted by atomic mass is 9.66. The summed E-state index contributed by atoms with van der Waals surface area (Å²) in [6.45, 7) is 0.708. The van der Waals surface area contributed by atoms with Crippen molar-refractivity contribution < 1.29 is 14.6 Å². The second kappa shape index (κ2) is 7.71. The molecule has 27 heavy (non-hydrogen) atoms. The maximum atomic E-state index is 11.2. The number of carboxylic acids is 1. The summed E-state index contributed by atoms with van der Waals surface area (Å²) in [6, 6.07) is 5.76. The van der Waals surface area contributed by atoms with E-state index in [2.05, 4.69) is 15.2 Å². The largest absolute Gasteiger partial charge is 0.492 e. The molecule has 2 aromatic rings. The summed E-state index contributed by atoms with van der Waals surface area (Å²) in [5.41, 5.74) is 2.12. The van der Waals surface area contributed by atoms with Crippen LogP contribution in [0.15, 0.2) is 30.6 Å². The molecule has 2 heterocycles. The minimum absolute atomic E-state index is 0.0633.